The van der Waals surface area contributed by atoms with Crippen molar-refractivity contribution in [1.29, 1.82) is 0 Å². The molecule has 14 heteroatoms. The number of aromatic amines is 1. The Bertz CT molecular complexity index is 1290. The first-order valence-electron chi connectivity index (χ1n) is 11.9. The van der Waals surface area contributed by atoms with Crippen LogP contribution in [-0.2, 0) is 0 Å². The number of carbonyl (C=O) groups is 1. The maximum atomic E-state index is 13.5. The Labute approximate surface area is 226 Å². The normalized spacial score (nSPS) is 18.1. The van der Waals surface area contributed by atoms with Gasteiger partial charge < -0.3 is 25.3 Å². The minimum absolute atomic E-state index is 0.0384. The van der Waals surface area contributed by atoms with Crippen LogP contribution >= 0.6 is 23.2 Å². The molecule has 1 aliphatic rings. The lowest BCUT2D eigenvalue weighted by molar-refractivity contribution is -0.182. The van der Waals surface area contributed by atoms with E-state index in [-0.39, 0.29) is 71.1 Å². The van der Waals surface area contributed by atoms with Crippen molar-refractivity contribution in [3.8, 4) is 5.88 Å². The van der Waals surface area contributed by atoms with E-state index in [1.807, 2.05) is 19.0 Å². The molecule has 0 radical (unpaired) electrons. The van der Waals surface area contributed by atoms with E-state index in [0.29, 0.717) is 12.1 Å². The van der Waals surface area contributed by atoms with Crippen LogP contribution in [0.2, 0.25) is 10.0 Å². The lowest BCUT2D eigenvalue weighted by atomic mass is 9.85. The number of hydrogen-bond donors (Lipinski definition) is 3. The molecule has 8 nitrogen and oxygen atoms in total. The van der Waals surface area contributed by atoms with Gasteiger partial charge in [-0.2, -0.15) is 23.1 Å². The van der Waals surface area contributed by atoms with Gasteiger partial charge in [0.2, 0.25) is 11.8 Å². The summed E-state index contributed by atoms with van der Waals surface area (Å²) in [7, 11) is 3.73. The highest BCUT2D eigenvalue weighted by Crippen LogP contribution is 2.38. The number of hydrogen-bond acceptors (Lipinski definition) is 6. The number of nitrogens with zero attached hydrogens (tertiary/aromatic N) is 3. The van der Waals surface area contributed by atoms with E-state index < -0.39 is 29.9 Å². The highest BCUT2D eigenvalue weighted by molar-refractivity contribution is 6.39. The predicted molar refractivity (Wildman–Crippen MR) is 137 cm³/mol. The van der Waals surface area contributed by atoms with E-state index in [2.05, 4.69) is 25.6 Å². The van der Waals surface area contributed by atoms with Crippen LogP contribution in [0.1, 0.15) is 36.0 Å². The highest BCUT2D eigenvalue weighted by atomic mass is 35.5. The summed E-state index contributed by atoms with van der Waals surface area (Å²) in [6, 6.07) is 3.31. The summed E-state index contributed by atoms with van der Waals surface area (Å²) < 4.78 is 58.4. The zero-order valence-corrected chi connectivity index (χ0v) is 22.1. The molecule has 1 aromatic carbocycles. The molecule has 0 spiro atoms. The van der Waals surface area contributed by atoms with Gasteiger partial charge in [-0.1, -0.05) is 23.2 Å². The second-order valence-electron chi connectivity index (χ2n) is 9.38. The Hall–Kier alpha value is -2.83. The summed E-state index contributed by atoms with van der Waals surface area (Å²) in [5.74, 6) is -2.23. The molecule has 0 saturated heterocycles. The number of benzene rings is 1. The lowest BCUT2D eigenvalue weighted by Crippen LogP contribution is -2.40. The number of aromatic nitrogens is 3. The number of fused-ring (bicyclic) bond motifs is 1. The average Bonchev–Trinajstić information content (AvgIpc) is 3.22. The predicted octanol–water partition coefficient (Wildman–Crippen LogP) is 5.94. The van der Waals surface area contributed by atoms with Crippen molar-refractivity contribution in [2.24, 2.45) is 5.92 Å². The number of carbonyl (C=O) groups excluding carboxylic acids is 1. The highest BCUT2D eigenvalue weighted by Gasteiger charge is 2.41. The summed E-state index contributed by atoms with van der Waals surface area (Å²) in [5.41, 5.74) is 0.947. The molecule has 3 aromatic rings. The standard InChI is InChI=1S/C24H26Cl2F4N6O2/c1-36(2)7-8-38-22-15(21(37)31-14-5-3-12(4-6-14)24(28,29)30)11-18-20(34-22)35-23(32-18)33-19-16(25)9-13(27)10-17(19)26/h9-12,14H,3-8H2,1-2H3,(H,31,37)(H2,32,33,34,35). The first-order chi connectivity index (χ1) is 17.9. The third-order valence-corrected chi connectivity index (χ3v) is 6.83. The smallest absolute Gasteiger partial charge is 0.391 e. The molecule has 1 fully saturated rings. The van der Waals surface area contributed by atoms with Gasteiger partial charge in [-0.05, 0) is 58.0 Å². The van der Waals surface area contributed by atoms with E-state index in [1.165, 1.54) is 6.07 Å². The SMILES string of the molecule is CN(C)CCOc1nc2nc(Nc3c(Cl)cc(F)cc3Cl)[nH]c2cc1C(=O)NC1CCC(C(F)(F)F)CC1. The fraction of sp³-hybridized carbons (Fsp3) is 0.458. The molecule has 3 N–H and O–H groups in total. The maximum Gasteiger partial charge on any atom is 0.391 e. The van der Waals surface area contributed by atoms with Crippen molar-refractivity contribution in [2.75, 3.05) is 32.6 Å². The molecule has 0 aliphatic heterocycles. The van der Waals surface area contributed by atoms with Gasteiger partial charge >= 0.3 is 6.18 Å². The van der Waals surface area contributed by atoms with Crippen LogP contribution in [0, 0.1) is 11.7 Å². The zero-order valence-electron chi connectivity index (χ0n) is 20.6. The number of rotatable bonds is 8. The number of likely N-dealkylation sites (N-methyl/N-ethyl adjacent to an activating group) is 1. The van der Waals surface area contributed by atoms with Crippen LogP contribution in [0.5, 0.6) is 5.88 Å². The van der Waals surface area contributed by atoms with Gasteiger partial charge in [0.15, 0.2) is 5.65 Å². The first-order valence-corrected chi connectivity index (χ1v) is 12.6. The average molecular weight is 577 g/mol. The summed E-state index contributed by atoms with van der Waals surface area (Å²) >= 11 is 12.2. The lowest BCUT2D eigenvalue weighted by Gasteiger charge is -2.30. The quantitative estimate of drug-likeness (QED) is 0.287. The third kappa shape index (κ3) is 6.78. The fourth-order valence-electron chi connectivity index (χ4n) is 4.19. The number of pyridine rings is 1. The fourth-order valence-corrected chi connectivity index (χ4v) is 4.75. The van der Waals surface area contributed by atoms with Crippen molar-refractivity contribution < 1.29 is 27.1 Å². The number of ether oxygens (including phenoxy) is 1. The van der Waals surface area contributed by atoms with Crippen LogP contribution in [0.25, 0.3) is 11.2 Å². The molecular formula is C24H26Cl2F4N6O2. The van der Waals surface area contributed by atoms with Crippen molar-refractivity contribution in [2.45, 2.75) is 37.9 Å². The monoisotopic (exact) mass is 576 g/mol. The van der Waals surface area contributed by atoms with Crippen LogP contribution in [-0.4, -0.2) is 65.2 Å². The van der Waals surface area contributed by atoms with E-state index in [4.69, 9.17) is 27.9 Å². The Kier molecular flexibility index (Phi) is 8.53. The molecule has 38 heavy (non-hydrogen) atoms. The summed E-state index contributed by atoms with van der Waals surface area (Å²) in [5, 5.41) is 5.79. The number of imidazole rings is 1. The minimum atomic E-state index is -4.23. The van der Waals surface area contributed by atoms with E-state index in [9.17, 15) is 22.4 Å². The number of halogens is 6. The van der Waals surface area contributed by atoms with Gasteiger partial charge in [0.1, 0.15) is 18.0 Å². The molecule has 206 valence electrons. The van der Waals surface area contributed by atoms with Crippen molar-refractivity contribution in [3.63, 3.8) is 0 Å². The maximum absolute atomic E-state index is 13.5. The Morgan fingerprint density at radius 3 is 2.39 bits per heavy atom. The molecule has 1 aliphatic carbocycles. The van der Waals surface area contributed by atoms with Crippen LogP contribution in [0.3, 0.4) is 0 Å². The molecule has 4 rings (SSSR count). The largest absolute Gasteiger partial charge is 0.476 e. The molecule has 2 heterocycles. The summed E-state index contributed by atoms with van der Waals surface area (Å²) in [6.07, 6.45) is -3.87. The van der Waals surface area contributed by atoms with E-state index in [0.717, 1.165) is 12.1 Å². The second kappa shape index (κ2) is 11.5. The van der Waals surface area contributed by atoms with Gasteiger partial charge in [-0.25, -0.2) is 4.39 Å². The molecular weight excluding hydrogens is 551 g/mol. The van der Waals surface area contributed by atoms with Crippen molar-refractivity contribution >= 4 is 51.9 Å². The Morgan fingerprint density at radius 1 is 1.13 bits per heavy atom. The summed E-state index contributed by atoms with van der Waals surface area (Å²) in [4.78, 5) is 26.8. The number of anilines is 2. The van der Waals surface area contributed by atoms with Crippen molar-refractivity contribution in [3.05, 3.63) is 39.6 Å². The number of alkyl halides is 3. The molecule has 0 bridgehead atoms. The zero-order chi connectivity index (χ0) is 27.6. The molecule has 2 aromatic heterocycles. The van der Waals surface area contributed by atoms with Gasteiger partial charge in [-0.15, -0.1) is 0 Å². The third-order valence-electron chi connectivity index (χ3n) is 6.24. The minimum Gasteiger partial charge on any atom is -0.476 e. The molecule has 1 amide bonds. The van der Waals surface area contributed by atoms with E-state index >= 15 is 0 Å². The number of amides is 1. The van der Waals surface area contributed by atoms with E-state index in [1.54, 1.807) is 0 Å². The van der Waals surface area contributed by atoms with Gasteiger partial charge in [0.25, 0.3) is 5.91 Å². The van der Waals surface area contributed by atoms with Crippen molar-refractivity contribution in [1.82, 2.24) is 25.2 Å². The van der Waals surface area contributed by atoms with Crippen LogP contribution in [0.15, 0.2) is 18.2 Å². The first kappa shape index (κ1) is 28.2. The van der Waals surface area contributed by atoms with Crippen LogP contribution < -0.4 is 15.4 Å². The number of H-pyrrole nitrogens is 1. The Balaban J connectivity index is 1.57. The molecule has 0 unspecified atom stereocenters. The van der Waals surface area contributed by atoms with Gasteiger partial charge in [-0.3, -0.25) is 4.79 Å². The summed E-state index contributed by atoms with van der Waals surface area (Å²) in [6.45, 7) is 0.788. The molecule has 1 saturated carbocycles. The number of nitrogens with one attached hydrogen (secondary N) is 3. The second-order valence-corrected chi connectivity index (χ2v) is 10.2. The molecule has 0 atom stereocenters. The van der Waals surface area contributed by atoms with Gasteiger partial charge in [0.05, 0.1) is 27.2 Å². The van der Waals surface area contributed by atoms with Crippen LogP contribution in [0.4, 0.5) is 29.2 Å². The topological polar surface area (TPSA) is 95.2 Å². The van der Waals surface area contributed by atoms with Gasteiger partial charge in [0, 0.05) is 12.6 Å². The Morgan fingerprint density at radius 2 is 1.79 bits per heavy atom.